The van der Waals surface area contributed by atoms with Gasteiger partial charge in [0, 0.05) is 6.54 Å². The predicted molar refractivity (Wildman–Crippen MR) is 91.1 cm³/mol. The van der Waals surface area contributed by atoms with E-state index in [1.807, 2.05) is 18.2 Å². The molecule has 21 heavy (non-hydrogen) atoms. The minimum absolute atomic E-state index is 0.651. The van der Waals surface area contributed by atoms with Crippen molar-refractivity contribution in [3.05, 3.63) is 35.9 Å². The van der Waals surface area contributed by atoms with Crippen molar-refractivity contribution in [2.24, 2.45) is 0 Å². The standard InChI is InChI=1S/C19H33NO/c1-2-3-4-5-6-7-8-9-10-14-17-20-21-18-19-15-12-11-13-16-19/h11-13,15-16,20H,2-10,14,17-18H2,1H3. The summed E-state index contributed by atoms with van der Waals surface area (Å²) in [6.07, 6.45) is 13.8. The van der Waals surface area contributed by atoms with E-state index in [0.717, 1.165) is 6.54 Å². The molecule has 0 aliphatic heterocycles. The first kappa shape index (κ1) is 18.2. The van der Waals surface area contributed by atoms with Gasteiger partial charge in [0.2, 0.25) is 0 Å². The molecule has 0 saturated carbocycles. The number of hydroxylamine groups is 1. The van der Waals surface area contributed by atoms with E-state index in [9.17, 15) is 0 Å². The normalized spacial score (nSPS) is 10.9. The van der Waals surface area contributed by atoms with Gasteiger partial charge < -0.3 is 0 Å². The second kappa shape index (κ2) is 14.1. The number of benzene rings is 1. The predicted octanol–water partition coefficient (Wildman–Crippen LogP) is 5.63. The summed E-state index contributed by atoms with van der Waals surface area (Å²) in [6, 6.07) is 10.3. The second-order valence-electron chi connectivity index (χ2n) is 5.85. The Morgan fingerprint density at radius 3 is 1.95 bits per heavy atom. The van der Waals surface area contributed by atoms with E-state index >= 15 is 0 Å². The number of hydrogen-bond donors (Lipinski definition) is 1. The molecule has 2 nitrogen and oxygen atoms in total. The number of nitrogens with one attached hydrogen (secondary N) is 1. The van der Waals surface area contributed by atoms with Gasteiger partial charge in [-0.2, -0.15) is 0 Å². The van der Waals surface area contributed by atoms with Crippen LogP contribution in [0, 0.1) is 0 Å². The van der Waals surface area contributed by atoms with Crippen LogP contribution in [-0.2, 0) is 11.4 Å². The van der Waals surface area contributed by atoms with Crippen molar-refractivity contribution in [2.45, 2.75) is 77.7 Å². The van der Waals surface area contributed by atoms with Gasteiger partial charge in [-0.25, -0.2) is 5.48 Å². The molecule has 0 radical (unpaired) electrons. The Hall–Kier alpha value is -0.860. The van der Waals surface area contributed by atoms with E-state index in [2.05, 4.69) is 24.5 Å². The maximum absolute atomic E-state index is 5.45. The fraction of sp³-hybridized carbons (Fsp3) is 0.684. The monoisotopic (exact) mass is 291 g/mol. The van der Waals surface area contributed by atoms with Gasteiger partial charge in [-0.3, -0.25) is 4.84 Å². The van der Waals surface area contributed by atoms with Crippen molar-refractivity contribution in [1.29, 1.82) is 0 Å². The van der Waals surface area contributed by atoms with Gasteiger partial charge in [0.25, 0.3) is 0 Å². The summed E-state index contributed by atoms with van der Waals surface area (Å²) in [5, 5.41) is 0. The van der Waals surface area contributed by atoms with Crippen molar-refractivity contribution < 1.29 is 4.84 Å². The Bertz CT molecular complexity index is 313. The summed E-state index contributed by atoms with van der Waals surface area (Å²) in [5.74, 6) is 0. The van der Waals surface area contributed by atoms with Crippen LogP contribution in [0.5, 0.6) is 0 Å². The lowest BCUT2D eigenvalue weighted by atomic mass is 10.1. The Morgan fingerprint density at radius 1 is 0.762 bits per heavy atom. The minimum Gasteiger partial charge on any atom is -0.297 e. The van der Waals surface area contributed by atoms with Crippen LogP contribution in [0.4, 0.5) is 0 Å². The summed E-state index contributed by atoms with van der Waals surface area (Å²) in [5.41, 5.74) is 4.27. The largest absolute Gasteiger partial charge is 0.297 e. The van der Waals surface area contributed by atoms with Crippen molar-refractivity contribution >= 4 is 0 Å². The van der Waals surface area contributed by atoms with Crippen LogP contribution >= 0.6 is 0 Å². The highest BCUT2D eigenvalue weighted by atomic mass is 16.6. The third-order valence-electron chi connectivity index (χ3n) is 3.82. The SMILES string of the molecule is CCCCCCCCCCCCNOCc1ccccc1. The van der Waals surface area contributed by atoms with Crippen molar-refractivity contribution in [3.63, 3.8) is 0 Å². The van der Waals surface area contributed by atoms with Gasteiger partial charge in [0.15, 0.2) is 0 Å². The van der Waals surface area contributed by atoms with Gasteiger partial charge in [-0.05, 0) is 12.0 Å². The quantitative estimate of drug-likeness (QED) is 0.354. The van der Waals surface area contributed by atoms with Crippen molar-refractivity contribution in [3.8, 4) is 0 Å². The molecule has 1 aromatic rings. The molecule has 1 rings (SSSR count). The second-order valence-corrected chi connectivity index (χ2v) is 5.85. The summed E-state index contributed by atoms with van der Waals surface area (Å²) >= 11 is 0. The lowest BCUT2D eigenvalue weighted by Gasteiger charge is -2.06. The van der Waals surface area contributed by atoms with Gasteiger partial charge in [0.1, 0.15) is 0 Å². The topological polar surface area (TPSA) is 21.3 Å². The smallest absolute Gasteiger partial charge is 0.0933 e. The van der Waals surface area contributed by atoms with Crippen LogP contribution in [0.1, 0.15) is 76.7 Å². The molecular formula is C19H33NO. The zero-order valence-corrected chi connectivity index (χ0v) is 13.8. The van der Waals surface area contributed by atoms with E-state index in [-0.39, 0.29) is 0 Å². The van der Waals surface area contributed by atoms with Gasteiger partial charge in [-0.1, -0.05) is 95.0 Å². The van der Waals surface area contributed by atoms with Gasteiger partial charge >= 0.3 is 0 Å². The lowest BCUT2D eigenvalue weighted by molar-refractivity contribution is 0.0272. The molecule has 1 aromatic carbocycles. The Kier molecular flexibility index (Phi) is 12.2. The van der Waals surface area contributed by atoms with Crippen LogP contribution in [0.25, 0.3) is 0 Å². The van der Waals surface area contributed by atoms with Crippen LogP contribution < -0.4 is 5.48 Å². The maximum atomic E-state index is 5.45. The minimum atomic E-state index is 0.651. The van der Waals surface area contributed by atoms with E-state index < -0.39 is 0 Å². The third-order valence-corrected chi connectivity index (χ3v) is 3.82. The zero-order chi connectivity index (χ0) is 15.0. The summed E-state index contributed by atoms with van der Waals surface area (Å²) in [6.45, 7) is 3.89. The highest BCUT2D eigenvalue weighted by molar-refractivity contribution is 5.13. The molecule has 0 bridgehead atoms. The molecule has 120 valence electrons. The van der Waals surface area contributed by atoms with Crippen molar-refractivity contribution in [1.82, 2.24) is 5.48 Å². The highest BCUT2D eigenvalue weighted by Crippen LogP contribution is 2.10. The molecule has 0 aliphatic rings. The summed E-state index contributed by atoms with van der Waals surface area (Å²) < 4.78 is 0. The van der Waals surface area contributed by atoms with E-state index in [1.54, 1.807) is 0 Å². The first-order valence-electron chi connectivity index (χ1n) is 8.82. The average Bonchev–Trinajstić information content (AvgIpc) is 2.53. The molecular weight excluding hydrogens is 258 g/mol. The number of hydrogen-bond acceptors (Lipinski definition) is 2. The Morgan fingerprint density at radius 2 is 1.33 bits per heavy atom. The molecule has 0 spiro atoms. The molecule has 0 aromatic heterocycles. The van der Waals surface area contributed by atoms with Crippen LogP contribution in [0.2, 0.25) is 0 Å². The van der Waals surface area contributed by atoms with Crippen LogP contribution in [0.15, 0.2) is 30.3 Å². The molecule has 0 amide bonds. The molecule has 0 saturated heterocycles. The number of unbranched alkanes of at least 4 members (excludes halogenated alkanes) is 9. The zero-order valence-electron chi connectivity index (χ0n) is 13.8. The number of rotatable bonds is 14. The maximum Gasteiger partial charge on any atom is 0.0933 e. The summed E-state index contributed by atoms with van der Waals surface area (Å²) in [4.78, 5) is 5.45. The van der Waals surface area contributed by atoms with E-state index in [4.69, 9.17) is 4.84 Å². The molecule has 0 atom stereocenters. The molecule has 0 aliphatic carbocycles. The first-order chi connectivity index (χ1) is 10.4. The fourth-order valence-electron chi connectivity index (χ4n) is 2.47. The molecule has 2 heteroatoms. The molecule has 0 unspecified atom stereocenters. The average molecular weight is 291 g/mol. The van der Waals surface area contributed by atoms with Crippen molar-refractivity contribution in [2.75, 3.05) is 6.54 Å². The van der Waals surface area contributed by atoms with Gasteiger partial charge in [-0.15, -0.1) is 0 Å². The summed E-state index contributed by atoms with van der Waals surface area (Å²) in [7, 11) is 0. The fourth-order valence-corrected chi connectivity index (χ4v) is 2.47. The first-order valence-corrected chi connectivity index (χ1v) is 8.82. The lowest BCUT2D eigenvalue weighted by Crippen LogP contribution is -2.15. The molecule has 1 N–H and O–H groups in total. The molecule has 0 heterocycles. The Balaban J connectivity index is 1.75. The molecule has 0 fully saturated rings. The van der Waals surface area contributed by atoms with Crippen LogP contribution in [0.3, 0.4) is 0 Å². The Labute approximate surface area is 131 Å². The van der Waals surface area contributed by atoms with Crippen LogP contribution in [-0.4, -0.2) is 6.54 Å². The third kappa shape index (κ3) is 11.5. The highest BCUT2D eigenvalue weighted by Gasteiger charge is 1.94. The van der Waals surface area contributed by atoms with E-state index in [0.29, 0.717) is 6.61 Å². The van der Waals surface area contributed by atoms with Gasteiger partial charge in [0.05, 0.1) is 6.61 Å². The van der Waals surface area contributed by atoms with E-state index in [1.165, 1.54) is 69.8 Å².